The van der Waals surface area contributed by atoms with Crippen LogP contribution in [0.2, 0.25) is 0 Å². The number of hydrogen-bond acceptors (Lipinski definition) is 4. The van der Waals surface area contributed by atoms with E-state index in [-0.39, 0.29) is 13.2 Å². The van der Waals surface area contributed by atoms with Gasteiger partial charge in [-0.15, -0.1) is 0 Å². The van der Waals surface area contributed by atoms with E-state index in [2.05, 4.69) is 11.4 Å². The molecule has 0 saturated carbocycles. The van der Waals surface area contributed by atoms with E-state index in [0.717, 1.165) is 5.56 Å². The maximum absolute atomic E-state index is 13.2. The van der Waals surface area contributed by atoms with Gasteiger partial charge in [-0.1, -0.05) is 12.1 Å². The van der Waals surface area contributed by atoms with E-state index in [4.69, 9.17) is 15.1 Å². The summed E-state index contributed by atoms with van der Waals surface area (Å²) < 4.78 is 18.5. The Morgan fingerprint density at radius 1 is 1.24 bits per heavy atom. The molecule has 0 spiro atoms. The average molecular weight is 286 g/mol. The minimum Gasteiger partial charge on any atom is -0.489 e. The Labute approximate surface area is 122 Å². The van der Waals surface area contributed by atoms with Crippen LogP contribution < -0.4 is 10.1 Å². The minimum atomic E-state index is -0.403. The molecular formula is C16H15FN2O2. The van der Waals surface area contributed by atoms with Crippen molar-refractivity contribution in [2.45, 2.75) is 6.54 Å². The number of benzene rings is 2. The van der Waals surface area contributed by atoms with Crippen LogP contribution in [0.1, 0.15) is 11.1 Å². The maximum Gasteiger partial charge on any atom is 0.145 e. The first-order chi connectivity index (χ1) is 10.2. The lowest BCUT2D eigenvalue weighted by molar-refractivity contribution is 0.201. The van der Waals surface area contributed by atoms with Crippen molar-refractivity contribution in [3.63, 3.8) is 0 Å². The topological polar surface area (TPSA) is 65.3 Å². The molecule has 0 atom stereocenters. The van der Waals surface area contributed by atoms with Crippen molar-refractivity contribution in [1.29, 1.82) is 5.26 Å². The number of halogens is 1. The van der Waals surface area contributed by atoms with E-state index in [1.165, 1.54) is 12.1 Å². The van der Waals surface area contributed by atoms with E-state index >= 15 is 0 Å². The summed E-state index contributed by atoms with van der Waals surface area (Å²) >= 11 is 0. The molecular weight excluding hydrogens is 271 g/mol. The summed E-state index contributed by atoms with van der Waals surface area (Å²) in [5.41, 5.74) is 2.16. The van der Waals surface area contributed by atoms with E-state index in [1.807, 2.05) is 12.1 Å². The van der Waals surface area contributed by atoms with Gasteiger partial charge in [-0.25, -0.2) is 4.39 Å². The second-order valence-electron chi connectivity index (χ2n) is 4.38. The largest absolute Gasteiger partial charge is 0.489 e. The van der Waals surface area contributed by atoms with Crippen LogP contribution in [0.15, 0.2) is 42.5 Å². The summed E-state index contributed by atoms with van der Waals surface area (Å²) in [6.07, 6.45) is 0. The smallest absolute Gasteiger partial charge is 0.145 e. The zero-order valence-corrected chi connectivity index (χ0v) is 11.3. The van der Waals surface area contributed by atoms with Crippen LogP contribution in [0.5, 0.6) is 5.75 Å². The van der Waals surface area contributed by atoms with E-state index < -0.39 is 5.82 Å². The molecule has 4 nitrogen and oxygen atoms in total. The van der Waals surface area contributed by atoms with Crippen LogP contribution in [0.4, 0.5) is 10.1 Å². The molecule has 0 aromatic heterocycles. The Bertz CT molecular complexity index is 653. The predicted molar refractivity (Wildman–Crippen MR) is 77.5 cm³/mol. The van der Waals surface area contributed by atoms with Gasteiger partial charge in [0, 0.05) is 12.6 Å². The summed E-state index contributed by atoms with van der Waals surface area (Å²) in [6.45, 7) is 0.443. The molecule has 0 saturated heterocycles. The van der Waals surface area contributed by atoms with Crippen molar-refractivity contribution in [3.8, 4) is 11.8 Å². The highest BCUT2D eigenvalue weighted by Gasteiger charge is 2.06. The van der Waals surface area contributed by atoms with Crippen LogP contribution >= 0.6 is 0 Å². The van der Waals surface area contributed by atoms with Crippen LogP contribution in [0, 0.1) is 17.1 Å². The number of nitrogens with zero attached hydrogens (tertiary/aromatic N) is 1. The van der Waals surface area contributed by atoms with E-state index in [0.29, 0.717) is 23.5 Å². The molecule has 0 unspecified atom stereocenters. The Morgan fingerprint density at radius 2 is 2.10 bits per heavy atom. The number of aliphatic hydroxyl groups is 1. The van der Waals surface area contributed by atoms with Crippen molar-refractivity contribution in [2.24, 2.45) is 0 Å². The third kappa shape index (κ3) is 4.20. The fraction of sp³-hybridized carbons (Fsp3) is 0.188. The van der Waals surface area contributed by atoms with Crippen LogP contribution in [-0.4, -0.2) is 18.3 Å². The quantitative estimate of drug-likeness (QED) is 0.857. The number of nitrogens with one attached hydrogen (secondary N) is 1. The molecule has 0 radical (unpaired) electrons. The Kier molecular flexibility index (Phi) is 5.13. The Morgan fingerprint density at radius 3 is 2.86 bits per heavy atom. The first-order valence-electron chi connectivity index (χ1n) is 6.49. The zero-order chi connectivity index (χ0) is 15.1. The molecule has 0 aliphatic rings. The minimum absolute atomic E-state index is 0.0993. The second-order valence-corrected chi connectivity index (χ2v) is 4.38. The fourth-order valence-corrected chi connectivity index (χ4v) is 1.87. The van der Waals surface area contributed by atoms with Crippen LogP contribution in [-0.2, 0) is 6.54 Å². The van der Waals surface area contributed by atoms with Gasteiger partial charge in [0.05, 0.1) is 23.9 Å². The molecule has 0 aliphatic carbocycles. The van der Waals surface area contributed by atoms with Gasteiger partial charge in [0.2, 0.25) is 0 Å². The van der Waals surface area contributed by atoms with Crippen molar-refractivity contribution in [2.75, 3.05) is 18.5 Å². The number of rotatable bonds is 6. The number of nitriles is 1. The van der Waals surface area contributed by atoms with Crippen molar-refractivity contribution >= 4 is 5.69 Å². The standard InChI is InChI=1S/C16H15FN2O2/c17-14-4-5-15(16(9-14)21-7-6-20)19-11-13-3-1-2-12(8-13)10-18/h1-5,8-9,19-20H,6-7,11H2. The van der Waals surface area contributed by atoms with Crippen molar-refractivity contribution < 1.29 is 14.2 Å². The third-order valence-electron chi connectivity index (χ3n) is 2.83. The number of anilines is 1. The van der Waals surface area contributed by atoms with Crippen molar-refractivity contribution in [1.82, 2.24) is 0 Å². The summed E-state index contributed by atoms with van der Waals surface area (Å²) in [5.74, 6) is -0.0551. The molecule has 0 heterocycles. The molecule has 2 aromatic carbocycles. The molecule has 0 amide bonds. The normalized spacial score (nSPS) is 9.95. The molecule has 5 heteroatoms. The third-order valence-corrected chi connectivity index (χ3v) is 2.83. The Hall–Kier alpha value is -2.58. The lowest BCUT2D eigenvalue weighted by atomic mass is 10.1. The van der Waals surface area contributed by atoms with Gasteiger partial charge in [0.15, 0.2) is 0 Å². The van der Waals surface area contributed by atoms with Gasteiger partial charge in [-0.2, -0.15) is 5.26 Å². The van der Waals surface area contributed by atoms with Gasteiger partial charge in [-0.3, -0.25) is 0 Å². The molecule has 2 aromatic rings. The molecule has 108 valence electrons. The number of aliphatic hydroxyl groups excluding tert-OH is 1. The van der Waals surface area contributed by atoms with E-state index in [1.54, 1.807) is 18.2 Å². The summed E-state index contributed by atoms with van der Waals surface area (Å²) in [7, 11) is 0. The number of ether oxygens (including phenoxy) is 1. The molecule has 2 rings (SSSR count). The van der Waals surface area contributed by atoms with Crippen molar-refractivity contribution in [3.05, 3.63) is 59.4 Å². The maximum atomic E-state index is 13.2. The van der Waals surface area contributed by atoms with Crippen LogP contribution in [0.3, 0.4) is 0 Å². The number of hydrogen-bond donors (Lipinski definition) is 2. The van der Waals surface area contributed by atoms with Crippen LogP contribution in [0.25, 0.3) is 0 Å². The molecule has 0 aliphatic heterocycles. The molecule has 2 N–H and O–H groups in total. The summed E-state index contributed by atoms with van der Waals surface area (Å²) in [5, 5.41) is 20.8. The van der Waals surface area contributed by atoms with E-state index in [9.17, 15) is 4.39 Å². The first-order valence-corrected chi connectivity index (χ1v) is 6.49. The summed E-state index contributed by atoms with van der Waals surface area (Å²) in [4.78, 5) is 0. The first kappa shape index (κ1) is 14.8. The highest BCUT2D eigenvalue weighted by atomic mass is 19.1. The molecule has 21 heavy (non-hydrogen) atoms. The highest BCUT2D eigenvalue weighted by molar-refractivity contribution is 5.56. The second kappa shape index (κ2) is 7.27. The SMILES string of the molecule is N#Cc1cccc(CNc2ccc(F)cc2OCCO)c1. The van der Waals surface area contributed by atoms with Gasteiger partial charge < -0.3 is 15.2 Å². The summed E-state index contributed by atoms with van der Waals surface area (Å²) in [6, 6.07) is 13.5. The van der Waals surface area contributed by atoms with Gasteiger partial charge in [-0.05, 0) is 29.8 Å². The average Bonchev–Trinajstić information content (AvgIpc) is 2.52. The van der Waals surface area contributed by atoms with Gasteiger partial charge >= 0.3 is 0 Å². The van der Waals surface area contributed by atoms with Gasteiger partial charge in [0.1, 0.15) is 18.2 Å². The highest BCUT2D eigenvalue weighted by Crippen LogP contribution is 2.26. The molecule has 0 bridgehead atoms. The molecule has 0 fully saturated rings. The van der Waals surface area contributed by atoms with Gasteiger partial charge in [0.25, 0.3) is 0 Å². The predicted octanol–water partition coefficient (Wildman–Crippen LogP) is 2.68. The monoisotopic (exact) mass is 286 g/mol. The Balaban J connectivity index is 2.10. The zero-order valence-electron chi connectivity index (χ0n) is 11.3. The fourth-order valence-electron chi connectivity index (χ4n) is 1.87. The lowest BCUT2D eigenvalue weighted by Gasteiger charge is -2.13. The lowest BCUT2D eigenvalue weighted by Crippen LogP contribution is -2.06.